The van der Waals surface area contributed by atoms with Crippen LogP contribution >= 0.6 is 0 Å². The molecule has 0 amide bonds. The van der Waals surface area contributed by atoms with E-state index in [4.69, 9.17) is 4.74 Å². The molecule has 0 aliphatic carbocycles. The van der Waals surface area contributed by atoms with E-state index in [1.165, 1.54) is 11.1 Å². The molecule has 1 aliphatic rings. The molecular weight excluding hydrogens is 258 g/mol. The molecule has 1 saturated heterocycles. The molecule has 0 radical (unpaired) electrons. The molecule has 0 N–H and O–H groups in total. The number of ether oxygens (including phenoxy) is 1. The first kappa shape index (κ1) is 14.1. The van der Waals surface area contributed by atoms with Gasteiger partial charge in [-0.1, -0.05) is 72.8 Å². The Labute approximate surface area is 126 Å². The van der Waals surface area contributed by atoms with Gasteiger partial charge >= 0.3 is 0 Å². The van der Waals surface area contributed by atoms with Gasteiger partial charge in [0, 0.05) is 13.1 Å². The standard InChI is InChI=1S/C19H21NO/c1-3-7-17(8-4-1)11-12-19(18-9-5-2-6-10-18)20-13-15-21-16-14-20/h1-12,19H,13-16H2/b12-11+/t19-/m0/s1. The quantitative estimate of drug-likeness (QED) is 0.844. The lowest BCUT2D eigenvalue weighted by atomic mass is 10.0. The Morgan fingerprint density at radius 1 is 0.857 bits per heavy atom. The fourth-order valence-corrected chi connectivity index (χ4v) is 2.72. The minimum absolute atomic E-state index is 0.315. The predicted octanol–water partition coefficient (Wildman–Crippen LogP) is 3.77. The summed E-state index contributed by atoms with van der Waals surface area (Å²) in [4.78, 5) is 2.48. The molecule has 2 nitrogen and oxygen atoms in total. The maximum absolute atomic E-state index is 5.48. The Hall–Kier alpha value is -1.90. The van der Waals surface area contributed by atoms with Crippen LogP contribution in [-0.2, 0) is 4.74 Å². The molecule has 1 aliphatic heterocycles. The van der Waals surface area contributed by atoms with E-state index in [1.54, 1.807) is 0 Å². The lowest BCUT2D eigenvalue weighted by molar-refractivity contribution is 0.0254. The highest BCUT2D eigenvalue weighted by atomic mass is 16.5. The van der Waals surface area contributed by atoms with Gasteiger partial charge in [-0.25, -0.2) is 0 Å². The monoisotopic (exact) mass is 279 g/mol. The van der Waals surface area contributed by atoms with E-state index in [2.05, 4.69) is 71.6 Å². The highest BCUT2D eigenvalue weighted by Crippen LogP contribution is 2.24. The molecular formula is C19H21NO. The van der Waals surface area contributed by atoms with E-state index in [-0.39, 0.29) is 0 Å². The molecule has 1 heterocycles. The van der Waals surface area contributed by atoms with Crippen LogP contribution in [0.3, 0.4) is 0 Å². The van der Waals surface area contributed by atoms with E-state index >= 15 is 0 Å². The van der Waals surface area contributed by atoms with Crippen molar-refractivity contribution in [2.24, 2.45) is 0 Å². The number of morpholine rings is 1. The second kappa shape index (κ2) is 7.21. The molecule has 2 heteroatoms. The first-order valence-electron chi connectivity index (χ1n) is 7.53. The van der Waals surface area contributed by atoms with Gasteiger partial charge in [0.1, 0.15) is 0 Å². The van der Waals surface area contributed by atoms with E-state index < -0.39 is 0 Å². The van der Waals surface area contributed by atoms with Gasteiger partial charge in [-0.2, -0.15) is 0 Å². The molecule has 0 spiro atoms. The molecule has 0 aromatic heterocycles. The fraction of sp³-hybridized carbons (Fsp3) is 0.263. The zero-order valence-corrected chi connectivity index (χ0v) is 12.2. The van der Waals surface area contributed by atoms with Gasteiger partial charge in [-0.15, -0.1) is 0 Å². The molecule has 3 rings (SSSR count). The second-order valence-electron chi connectivity index (χ2n) is 5.27. The van der Waals surface area contributed by atoms with Crippen LogP contribution < -0.4 is 0 Å². The normalized spacial score (nSPS) is 17.9. The number of rotatable bonds is 4. The molecule has 2 aromatic rings. The second-order valence-corrected chi connectivity index (χ2v) is 5.27. The van der Waals surface area contributed by atoms with Crippen molar-refractivity contribution in [1.82, 2.24) is 4.90 Å². The first-order chi connectivity index (χ1) is 10.4. The van der Waals surface area contributed by atoms with Crippen molar-refractivity contribution in [2.75, 3.05) is 26.3 Å². The summed E-state index contributed by atoms with van der Waals surface area (Å²) in [5.41, 5.74) is 2.58. The Morgan fingerprint density at radius 2 is 1.48 bits per heavy atom. The average molecular weight is 279 g/mol. The summed E-state index contributed by atoms with van der Waals surface area (Å²) >= 11 is 0. The summed E-state index contributed by atoms with van der Waals surface area (Å²) in [5, 5.41) is 0. The summed E-state index contributed by atoms with van der Waals surface area (Å²) in [5.74, 6) is 0. The lowest BCUT2D eigenvalue weighted by Crippen LogP contribution is -2.38. The Balaban J connectivity index is 1.83. The van der Waals surface area contributed by atoms with Crippen LogP contribution in [0.15, 0.2) is 66.7 Å². The molecule has 2 aromatic carbocycles. The molecule has 0 bridgehead atoms. The maximum atomic E-state index is 5.48. The zero-order chi connectivity index (χ0) is 14.3. The highest BCUT2D eigenvalue weighted by molar-refractivity contribution is 5.50. The minimum Gasteiger partial charge on any atom is -0.379 e. The van der Waals surface area contributed by atoms with Crippen molar-refractivity contribution in [3.05, 3.63) is 77.9 Å². The molecule has 0 saturated carbocycles. The average Bonchev–Trinajstić information content (AvgIpc) is 2.58. The van der Waals surface area contributed by atoms with Gasteiger partial charge < -0.3 is 4.74 Å². The van der Waals surface area contributed by atoms with Crippen LogP contribution in [-0.4, -0.2) is 31.2 Å². The van der Waals surface area contributed by atoms with Crippen molar-refractivity contribution in [2.45, 2.75) is 6.04 Å². The third-order valence-corrected chi connectivity index (χ3v) is 3.85. The number of hydrogen-bond donors (Lipinski definition) is 0. The van der Waals surface area contributed by atoms with Crippen molar-refractivity contribution in [1.29, 1.82) is 0 Å². The molecule has 1 fully saturated rings. The van der Waals surface area contributed by atoms with E-state index in [1.807, 2.05) is 6.07 Å². The minimum atomic E-state index is 0.315. The summed E-state index contributed by atoms with van der Waals surface area (Å²) in [6, 6.07) is 21.5. The van der Waals surface area contributed by atoms with Crippen LogP contribution in [0.25, 0.3) is 6.08 Å². The van der Waals surface area contributed by atoms with Crippen LogP contribution in [0.5, 0.6) is 0 Å². The van der Waals surface area contributed by atoms with Crippen LogP contribution in [0, 0.1) is 0 Å². The van der Waals surface area contributed by atoms with Crippen molar-refractivity contribution in [3.63, 3.8) is 0 Å². The maximum Gasteiger partial charge on any atom is 0.0594 e. The summed E-state index contributed by atoms with van der Waals surface area (Å²) < 4.78 is 5.48. The fourth-order valence-electron chi connectivity index (χ4n) is 2.72. The first-order valence-corrected chi connectivity index (χ1v) is 7.53. The van der Waals surface area contributed by atoms with Gasteiger partial charge in [0.25, 0.3) is 0 Å². The largest absolute Gasteiger partial charge is 0.379 e. The third kappa shape index (κ3) is 3.81. The molecule has 21 heavy (non-hydrogen) atoms. The molecule has 1 atom stereocenters. The smallest absolute Gasteiger partial charge is 0.0594 e. The van der Waals surface area contributed by atoms with Gasteiger partial charge in [0.2, 0.25) is 0 Å². The topological polar surface area (TPSA) is 12.5 Å². The SMILES string of the molecule is C(=C\[C@@H](c1ccccc1)N1CCOCC1)/c1ccccc1. The van der Waals surface area contributed by atoms with Gasteiger partial charge in [-0.3, -0.25) is 4.90 Å². The van der Waals surface area contributed by atoms with Crippen LogP contribution in [0.1, 0.15) is 17.2 Å². The Morgan fingerprint density at radius 3 is 2.14 bits per heavy atom. The summed E-state index contributed by atoms with van der Waals surface area (Å²) in [6.07, 6.45) is 4.52. The van der Waals surface area contributed by atoms with Crippen molar-refractivity contribution in [3.8, 4) is 0 Å². The molecule has 108 valence electrons. The third-order valence-electron chi connectivity index (χ3n) is 3.85. The van der Waals surface area contributed by atoms with Crippen molar-refractivity contribution >= 4 is 6.08 Å². The van der Waals surface area contributed by atoms with Gasteiger partial charge in [-0.05, 0) is 11.1 Å². The van der Waals surface area contributed by atoms with Gasteiger partial charge in [0.15, 0.2) is 0 Å². The van der Waals surface area contributed by atoms with Gasteiger partial charge in [0.05, 0.1) is 19.3 Å². The Bertz CT molecular complexity index is 559. The number of benzene rings is 2. The lowest BCUT2D eigenvalue weighted by Gasteiger charge is -2.33. The number of hydrogen-bond acceptors (Lipinski definition) is 2. The summed E-state index contributed by atoms with van der Waals surface area (Å²) in [7, 11) is 0. The highest BCUT2D eigenvalue weighted by Gasteiger charge is 2.19. The van der Waals surface area contributed by atoms with Crippen molar-refractivity contribution < 1.29 is 4.74 Å². The van der Waals surface area contributed by atoms with E-state index in [0.29, 0.717) is 6.04 Å². The predicted molar refractivity (Wildman–Crippen MR) is 87.1 cm³/mol. The number of nitrogens with zero attached hydrogens (tertiary/aromatic N) is 1. The summed E-state index contributed by atoms with van der Waals surface area (Å²) in [6.45, 7) is 3.61. The zero-order valence-electron chi connectivity index (χ0n) is 12.2. The van der Waals surface area contributed by atoms with E-state index in [0.717, 1.165) is 26.3 Å². The van der Waals surface area contributed by atoms with Crippen LogP contribution in [0.2, 0.25) is 0 Å². The molecule has 0 unspecified atom stereocenters. The Kier molecular flexibility index (Phi) is 4.82. The van der Waals surface area contributed by atoms with Crippen LogP contribution in [0.4, 0.5) is 0 Å². The van der Waals surface area contributed by atoms with E-state index in [9.17, 15) is 0 Å².